The minimum absolute atomic E-state index is 0.0401. The van der Waals surface area contributed by atoms with Crippen LogP contribution < -0.4 is 0 Å². The van der Waals surface area contributed by atoms with Gasteiger partial charge >= 0.3 is 0 Å². The number of phenols is 2. The summed E-state index contributed by atoms with van der Waals surface area (Å²) in [6.07, 6.45) is 0. The standard InChI is InChI=1S/C16H18O4S/c1-9-5-13(8-15(18)12(9)4)21(19,20)16-7-10(2)14(17)6-11(16)3/h5-8,17-18H,1-4H3. The zero-order valence-corrected chi connectivity index (χ0v) is 13.2. The molecule has 0 saturated heterocycles. The minimum atomic E-state index is -3.74. The van der Waals surface area contributed by atoms with Gasteiger partial charge in [0.2, 0.25) is 9.84 Å². The van der Waals surface area contributed by atoms with Crippen molar-refractivity contribution in [1.82, 2.24) is 0 Å². The van der Waals surface area contributed by atoms with Crippen molar-refractivity contribution in [3.8, 4) is 11.5 Å². The Labute approximate surface area is 124 Å². The molecular weight excluding hydrogens is 288 g/mol. The summed E-state index contributed by atoms with van der Waals surface area (Å²) in [6, 6.07) is 5.70. The highest BCUT2D eigenvalue weighted by Gasteiger charge is 2.22. The summed E-state index contributed by atoms with van der Waals surface area (Å²) in [5, 5.41) is 19.5. The summed E-state index contributed by atoms with van der Waals surface area (Å²) >= 11 is 0. The van der Waals surface area contributed by atoms with Crippen LogP contribution in [-0.4, -0.2) is 18.6 Å². The normalized spacial score (nSPS) is 11.6. The van der Waals surface area contributed by atoms with Crippen LogP contribution in [0.2, 0.25) is 0 Å². The van der Waals surface area contributed by atoms with Crippen molar-refractivity contribution < 1.29 is 18.6 Å². The maximum Gasteiger partial charge on any atom is 0.207 e. The van der Waals surface area contributed by atoms with Crippen LogP contribution in [0.15, 0.2) is 34.1 Å². The summed E-state index contributed by atoms with van der Waals surface area (Å²) in [5.74, 6) is 0.0242. The fourth-order valence-corrected chi connectivity index (χ4v) is 3.82. The van der Waals surface area contributed by atoms with Crippen LogP contribution in [0.3, 0.4) is 0 Å². The molecule has 0 atom stereocenters. The second-order valence-corrected chi connectivity index (χ2v) is 7.21. The van der Waals surface area contributed by atoms with Crippen LogP contribution in [0.5, 0.6) is 11.5 Å². The lowest BCUT2D eigenvalue weighted by Crippen LogP contribution is -2.05. The van der Waals surface area contributed by atoms with Gasteiger partial charge in [-0.05, 0) is 74.2 Å². The van der Waals surface area contributed by atoms with E-state index in [9.17, 15) is 18.6 Å². The summed E-state index contributed by atoms with van der Waals surface area (Å²) in [7, 11) is -3.74. The largest absolute Gasteiger partial charge is 0.508 e. The van der Waals surface area contributed by atoms with Gasteiger partial charge in [-0.25, -0.2) is 8.42 Å². The highest BCUT2D eigenvalue weighted by molar-refractivity contribution is 7.91. The molecule has 112 valence electrons. The molecule has 0 unspecified atom stereocenters. The van der Waals surface area contributed by atoms with Crippen molar-refractivity contribution in [2.75, 3.05) is 0 Å². The van der Waals surface area contributed by atoms with E-state index < -0.39 is 9.84 Å². The van der Waals surface area contributed by atoms with Gasteiger partial charge in [0, 0.05) is 0 Å². The number of aromatic hydroxyl groups is 2. The fourth-order valence-electron chi connectivity index (χ4n) is 2.15. The highest BCUT2D eigenvalue weighted by Crippen LogP contribution is 2.32. The zero-order valence-electron chi connectivity index (χ0n) is 12.4. The molecule has 0 aliphatic rings. The monoisotopic (exact) mass is 306 g/mol. The van der Waals surface area contributed by atoms with Crippen LogP contribution in [0.25, 0.3) is 0 Å². The quantitative estimate of drug-likeness (QED) is 0.893. The van der Waals surface area contributed by atoms with Gasteiger partial charge in [0.25, 0.3) is 0 Å². The van der Waals surface area contributed by atoms with Gasteiger partial charge in [-0.3, -0.25) is 0 Å². The molecule has 2 aromatic carbocycles. The number of rotatable bonds is 2. The summed E-state index contributed by atoms with van der Waals surface area (Å²) in [6.45, 7) is 6.76. The Morgan fingerprint density at radius 3 is 1.95 bits per heavy atom. The molecule has 0 bridgehead atoms. The number of benzene rings is 2. The fraction of sp³-hybridized carbons (Fsp3) is 0.250. The third kappa shape index (κ3) is 2.61. The molecule has 0 fully saturated rings. The van der Waals surface area contributed by atoms with Crippen molar-refractivity contribution >= 4 is 9.84 Å². The average Bonchev–Trinajstić information content (AvgIpc) is 2.39. The molecule has 2 aromatic rings. The maximum absolute atomic E-state index is 12.7. The van der Waals surface area contributed by atoms with Gasteiger partial charge in [-0.2, -0.15) is 0 Å². The minimum Gasteiger partial charge on any atom is -0.508 e. The molecule has 0 spiro atoms. The molecule has 0 heterocycles. The van der Waals surface area contributed by atoms with Gasteiger partial charge in [-0.1, -0.05) is 0 Å². The van der Waals surface area contributed by atoms with Gasteiger partial charge in [0.05, 0.1) is 9.79 Å². The van der Waals surface area contributed by atoms with E-state index in [-0.39, 0.29) is 21.3 Å². The maximum atomic E-state index is 12.7. The zero-order chi connectivity index (χ0) is 15.9. The lowest BCUT2D eigenvalue weighted by Gasteiger charge is -2.12. The lowest BCUT2D eigenvalue weighted by atomic mass is 10.1. The Kier molecular flexibility index (Phi) is 3.72. The van der Waals surface area contributed by atoms with E-state index in [4.69, 9.17) is 0 Å². The van der Waals surface area contributed by atoms with Crippen LogP contribution in [0, 0.1) is 27.7 Å². The molecule has 4 nitrogen and oxygen atoms in total. The molecule has 2 rings (SSSR count). The molecule has 0 saturated carbocycles. The third-order valence-electron chi connectivity index (χ3n) is 3.71. The Hall–Kier alpha value is -2.01. The number of hydrogen-bond acceptors (Lipinski definition) is 4. The van der Waals surface area contributed by atoms with Crippen molar-refractivity contribution in [2.24, 2.45) is 0 Å². The topological polar surface area (TPSA) is 74.6 Å². The van der Waals surface area contributed by atoms with Crippen molar-refractivity contribution in [1.29, 1.82) is 0 Å². The van der Waals surface area contributed by atoms with E-state index in [1.807, 2.05) is 0 Å². The average molecular weight is 306 g/mol. The van der Waals surface area contributed by atoms with Crippen LogP contribution in [-0.2, 0) is 9.84 Å². The highest BCUT2D eigenvalue weighted by atomic mass is 32.2. The van der Waals surface area contributed by atoms with Crippen LogP contribution >= 0.6 is 0 Å². The molecule has 0 aliphatic carbocycles. The van der Waals surface area contributed by atoms with E-state index in [2.05, 4.69) is 0 Å². The van der Waals surface area contributed by atoms with E-state index in [0.29, 0.717) is 22.3 Å². The summed E-state index contributed by atoms with van der Waals surface area (Å²) in [4.78, 5) is 0.191. The molecule has 2 N–H and O–H groups in total. The summed E-state index contributed by atoms with van der Waals surface area (Å²) < 4.78 is 25.5. The first-order valence-corrected chi connectivity index (χ1v) is 7.98. The van der Waals surface area contributed by atoms with Gasteiger partial charge in [0.1, 0.15) is 11.5 Å². The molecule has 21 heavy (non-hydrogen) atoms. The first-order valence-electron chi connectivity index (χ1n) is 6.50. The van der Waals surface area contributed by atoms with Crippen LogP contribution in [0.1, 0.15) is 22.3 Å². The second-order valence-electron chi connectivity index (χ2n) is 5.29. The number of sulfone groups is 1. The smallest absolute Gasteiger partial charge is 0.207 e. The first-order chi connectivity index (χ1) is 9.64. The van der Waals surface area contributed by atoms with Crippen molar-refractivity contribution in [3.05, 3.63) is 46.5 Å². The van der Waals surface area contributed by atoms with E-state index in [1.165, 1.54) is 18.2 Å². The number of aryl methyl sites for hydroxylation is 3. The van der Waals surface area contributed by atoms with E-state index in [0.717, 1.165) is 0 Å². The van der Waals surface area contributed by atoms with Gasteiger partial charge in [-0.15, -0.1) is 0 Å². The first kappa shape index (κ1) is 15.4. The van der Waals surface area contributed by atoms with Crippen molar-refractivity contribution in [3.63, 3.8) is 0 Å². The summed E-state index contributed by atoms with van der Waals surface area (Å²) in [5.41, 5.74) is 2.33. The lowest BCUT2D eigenvalue weighted by molar-refractivity contribution is 0.467. The van der Waals surface area contributed by atoms with E-state index >= 15 is 0 Å². The number of phenolic OH excluding ortho intramolecular Hbond substituents is 2. The predicted octanol–water partition coefficient (Wildman–Crippen LogP) is 3.16. The Bertz CT molecular complexity index is 797. The SMILES string of the molecule is Cc1cc(S(=O)(=O)c2cc(C)c(C)c(O)c2)c(C)cc1O. The molecule has 5 heteroatoms. The predicted molar refractivity (Wildman–Crippen MR) is 80.6 cm³/mol. The Morgan fingerprint density at radius 1 is 0.762 bits per heavy atom. The molecule has 0 radical (unpaired) electrons. The van der Waals surface area contributed by atoms with E-state index in [1.54, 1.807) is 33.8 Å². The van der Waals surface area contributed by atoms with Gasteiger partial charge in [0.15, 0.2) is 0 Å². The molecule has 0 amide bonds. The number of hydrogen-bond donors (Lipinski definition) is 2. The molecular formula is C16H18O4S. The second kappa shape index (κ2) is 5.07. The molecule has 0 aromatic heterocycles. The molecule has 0 aliphatic heterocycles. The van der Waals surface area contributed by atoms with Gasteiger partial charge < -0.3 is 10.2 Å². The van der Waals surface area contributed by atoms with Crippen LogP contribution in [0.4, 0.5) is 0 Å². The third-order valence-corrected chi connectivity index (χ3v) is 5.58. The Morgan fingerprint density at radius 2 is 1.38 bits per heavy atom. The Balaban J connectivity index is 2.71. The van der Waals surface area contributed by atoms with Crippen molar-refractivity contribution in [2.45, 2.75) is 37.5 Å².